The summed E-state index contributed by atoms with van der Waals surface area (Å²) >= 11 is 0. The summed E-state index contributed by atoms with van der Waals surface area (Å²) < 4.78 is 5.66. The average Bonchev–Trinajstić information content (AvgIpc) is 2.36. The Labute approximate surface area is 108 Å². The van der Waals surface area contributed by atoms with Crippen molar-refractivity contribution in [2.45, 2.75) is 18.9 Å². The molecular weight excluding hydrogens is 248 g/mol. The Bertz CT molecular complexity index is 675. The SMILES string of the molecule is O=C1CC(Oc2ccc([N+](=O)[O-])c3cccnc23)C1. The molecule has 96 valence electrons. The summed E-state index contributed by atoms with van der Waals surface area (Å²) in [5, 5.41) is 11.4. The van der Waals surface area contributed by atoms with Gasteiger partial charge >= 0.3 is 0 Å². The number of ether oxygens (including phenoxy) is 1. The minimum Gasteiger partial charge on any atom is -0.487 e. The van der Waals surface area contributed by atoms with E-state index in [0.717, 1.165) is 0 Å². The summed E-state index contributed by atoms with van der Waals surface area (Å²) in [5.74, 6) is 0.655. The number of carbonyl (C=O) groups is 1. The standard InChI is InChI=1S/C13H10N2O4/c16-8-6-9(7-8)19-12-4-3-11(15(17)18)10-2-1-5-14-13(10)12/h1-5,9H,6-7H2. The Morgan fingerprint density at radius 3 is 2.79 bits per heavy atom. The van der Waals surface area contributed by atoms with E-state index in [1.54, 1.807) is 18.3 Å². The predicted octanol–water partition coefficient (Wildman–Crippen LogP) is 2.25. The third kappa shape index (κ3) is 2.01. The molecule has 19 heavy (non-hydrogen) atoms. The van der Waals surface area contributed by atoms with Crippen molar-refractivity contribution in [2.75, 3.05) is 0 Å². The van der Waals surface area contributed by atoms with Gasteiger partial charge in [0.25, 0.3) is 5.69 Å². The lowest BCUT2D eigenvalue weighted by Crippen LogP contribution is -2.33. The van der Waals surface area contributed by atoms with Crippen LogP contribution in [0.4, 0.5) is 5.69 Å². The third-order valence-corrected chi connectivity index (χ3v) is 3.11. The number of nitro groups is 1. The molecule has 0 atom stereocenters. The Kier molecular flexibility index (Phi) is 2.63. The van der Waals surface area contributed by atoms with Crippen LogP contribution in [0.25, 0.3) is 10.9 Å². The van der Waals surface area contributed by atoms with Gasteiger partial charge in [0.15, 0.2) is 0 Å². The molecular formula is C13H10N2O4. The van der Waals surface area contributed by atoms with Crippen LogP contribution in [0.15, 0.2) is 30.5 Å². The average molecular weight is 258 g/mol. The molecule has 1 aromatic heterocycles. The van der Waals surface area contributed by atoms with E-state index in [1.807, 2.05) is 0 Å². The van der Waals surface area contributed by atoms with Gasteiger partial charge in [-0.1, -0.05) is 0 Å². The number of nitrogens with zero attached hydrogens (tertiary/aromatic N) is 2. The number of non-ortho nitro benzene ring substituents is 1. The van der Waals surface area contributed by atoms with Crippen molar-refractivity contribution in [2.24, 2.45) is 0 Å². The highest BCUT2D eigenvalue weighted by Gasteiger charge is 2.29. The smallest absolute Gasteiger partial charge is 0.279 e. The van der Waals surface area contributed by atoms with Crippen molar-refractivity contribution in [1.29, 1.82) is 0 Å². The lowest BCUT2D eigenvalue weighted by molar-refractivity contribution is -0.383. The van der Waals surface area contributed by atoms with E-state index in [0.29, 0.717) is 29.5 Å². The van der Waals surface area contributed by atoms with Crippen LogP contribution in [0.3, 0.4) is 0 Å². The molecule has 1 aromatic carbocycles. The third-order valence-electron chi connectivity index (χ3n) is 3.11. The topological polar surface area (TPSA) is 82.3 Å². The fourth-order valence-corrected chi connectivity index (χ4v) is 2.10. The molecule has 0 unspecified atom stereocenters. The minimum absolute atomic E-state index is 0.000126. The van der Waals surface area contributed by atoms with E-state index >= 15 is 0 Å². The van der Waals surface area contributed by atoms with Crippen molar-refractivity contribution >= 4 is 22.4 Å². The molecule has 1 aliphatic rings. The fraction of sp³-hybridized carbons (Fsp3) is 0.231. The molecule has 1 saturated carbocycles. The number of carbonyl (C=O) groups excluding carboxylic acids is 1. The predicted molar refractivity (Wildman–Crippen MR) is 67.1 cm³/mol. The number of nitro benzene ring substituents is 1. The van der Waals surface area contributed by atoms with Gasteiger partial charge in [-0.3, -0.25) is 19.9 Å². The lowest BCUT2D eigenvalue weighted by atomic mass is 9.94. The van der Waals surface area contributed by atoms with Gasteiger partial charge in [-0.25, -0.2) is 0 Å². The molecule has 0 saturated heterocycles. The zero-order chi connectivity index (χ0) is 13.4. The second-order valence-electron chi connectivity index (χ2n) is 4.43. The summed E-state index contributed by atoms with van der Waals surface area (Å²) in [6.45, 7) is 0. The molecule has 0 spiro atoms. The van der Waals surface area contributed by atoms with Crippen molar-refractivity contribution in [3.8, 4) is 5.75 Å². The summed E-state index contributed by atoms with van der Waals surface area (Å²) in [7, 11) is 0. The number of ketones is 1. The summed E-state index contributed by atoms with van der Waals surface area (Å²) in [4.78, 5) is 25.6. The number of fused-ring (bicyclic) bond motifs is 1. The second kappa shape index (κ2) is 4.31. The summed E-state index contributed by atoms with van der Waals surface area (Å²) in [5.41, 5.74) is 0.455. The van der Waals surface area contributed by atoms with E-state index in [4.69, 9.17) is 4.74 Å². The van der Waals surface area contributed by atoms with E-state index in [1.165, 1.54) is 12.1 Å². The highest BCUT2D eigenvalue weighted by molar-refractivity contribution is 5.92. The molecule has 6 nitrogen and oxygen atoms in total. The van der Waals surface area contributed by atoms with Gasteiger partial charge in [-0.05, 0) is 18.2 Å². The molecule has 1 aliphatic carbocycles. The maximum atomic E-state index is 11.0. The molecule has 0 bridgehead atoms. The minimum atomic E-state index is -0.444. The first kappa shape index (κ1) is 11.6. The van der Waals surface area contributed by atoms with Crippen molar-refractivity contribution in [3.05, 3.63) is 40.6 Å². The van der Waals surface area contributed by atoms with E-state index in [2.05, 4.69) is 4.98 Å². The van der Waals surface area contributed by atoms with Crippen LogP contribution < -0.4 is 4.74 Å². The molecule has 0 N–H and O–H groups in total. The number of hydrogen-bond donors (Lipinski definition) is 0. The Morgan fingerprint density at radius 1 is 1.32 bits per heavy atom. The number of rotatable bonds is 3. The maximum absolute atomic E-state index is 11.0. The molecule has 6 heteroatoms. The summed E-state index contributed by atoms with van der Waals surface area (Å²) in [6, 6.07) is 6.22. The molecule has 1 heterocycles. The Balaban J connectivity index is 2.03. The van der Waals surface area contributed by atoms with Gasteiger partial charge in [0, 0.05) is 25.1 Å². The number of Topliss-reactive ketones (excluding diaryl/α,β-unsaturated/α-hetero) is 1. The fourth-order valence-electron chi connectivity index (χ4n) is 2.10. The van der Waals surface area contributed by atoms with Gasteiger partial charge in [0.05, 0.1) is 10.3 Å². The largest absolute Gasteiger partial charge is 0.487 e. The first-order valence-electron chi connectivity index (χ1n) is 5.85. The Hall–Kier alpha value is -2.50. The zero-order valence-corrected chi connectivity index (χ0v) is 9.91. The number of aromatic nitrogens is 1. The van der Waals surface area contributed by atoms with Crippen LogP contribution in [-0.2, 0) is 4.79 Å². The van der Waals surface area contributed by atoms with Crippen LogP contribution >= 0.6 is 0 Å². The monoisotopic (exact) mass is 258 g/mol. The number of benzene rings is 1. The molecule has 2 aromatic rings. The first-order chi connectivity index (χ1) is 9.15. The van der Waals surface area contributed by atoms with Gasteiger partial charge < -0.3 is 4.74 Å². The van der Waals surface area contributed by atoms with E-state index in [9.17, 15) is 14.9 Å². The van der Waals surface area contributed by atoms with E-state index in [-0.39, 0.29) is 17.6 Å². The highest BCUT2D eigenvalue weighted by Crippen LogP contribution is 2.33. The van der Waals surface area contributed by atoms with Crippen LogP contribution in [0.1, 0.15) is 12.8 Å². The van der Waals surface area contributed by atoms with Crippen LogP contribution in [0.5, 0.6) is 5.75 Å². The van der Waals surface area contributed by atoms with Crippen LogP contribution in [0.2, 0.25) is 0 Å². The first-order valence-corrected chi connectivity index (χ1v) is 5.85. The zero-order valence-electron chi connectivity index (χ0n) is 9.91. The van der Waals surface area contributed by atoms with Crippen molar-refractivity contribution in [3.63, 3.8) is 0 Å². The van der Waals surface area contributed by atoms with Crippen LogP contribution in [-0.4, -0.2) is 21.8 Å². The van der Waals surface area contributed by atoms with Crippen molar-refractivity contribution < 1.29 is 14.5 Å². The lowest BCUT2D eigenvalue weighted by Gasteiger charge is -2.25. The highest BCUT2D eigenvalue weighted by atomic mass is 16.6. The van der Waals surface area contributed by atoms with Gasteiger partial charge in [0.1, 0.15) is 23.2 Å². The molecule has 3 rings (SSSR count). The molecule has 1 fully saturated rings. The molecule has 0 amide bonds. The van der Waals surface area contributed by atoms with Crippen LogP contribution in [0, 0.1) is 10.1 Å². The molecule has 0 aliphatic heterocycles. The second-order valence-corrected chi connectivity index (χ2v) is 4.43. The Morgan fingerprint density at radius 2 is 2.11 bits per heavy atom. The van der Waals surface area contributed by atoms with E-state index < -0.39 is 4.92 Å². The van der Waals surface area contributed by atoms with Crippen molar-refractivity contribution in [1.82, 2.24) is 4.98 Å². The van der Waals surface area contributed by atoms with Gasteiger partial charge in [-0.2, -0.15) is 0 Å². The van der Waals surface area contributed by atoms with Gasteiger partial charge in [0.2, 0.25) is 0 Å². The molecule has 0 radical (unpaired) electrons. The maximum Gasteiger partial charge on any atom is 0.279 e. The quantitative estimate of drug-likeness (QED) is 0.622. The van der Waals surface area contributed by atoms with Gasteiger partial charge in [-0.15, -0.1) is 0 Å². The normalized spacial score (nSPS) is 15.3. The number of pyridine rings is 1. The number of hydrogen-bond acceptors (Lipinski definition) is 5. The summed E-state index contributed by atoms with van der Waals surface area (Å²) in [6.07, 6.45) is 2.21.